The lowest BCUT2D eigenvalue weighted by atomic mass is 10.2. The zero-order valence-electron chi connectivity index (χ0n) is 8.38. The molecule has 0 fully saturated rings. The van der Waals surface area contributed by atoms with E-state index >= 15 is 0 Å². The van der Waals surface area contributed by atoms with E-state index in [1.165, 1.54) is 6.07 Å². The number of sulfonamides is 1. The van der Waals surface area contributed by atoms with Gasteiger partial charge in [-0.1, -0.05) is 12.1 Å². The molecule has 6 nitrogen and oxygen atoms in total. The van der Waals surface area contributed by atoms with Crippen molar-refractivity contribution in [1.82, 2.24) is 0 Å². The van der Waals surface area contributed by atoms with E-state index in [4.69, 9.17) is 10.2 Å². The minimum atomic E-state index is -3.54. The monoisotopic (exact) mass is 244 g/mol. The van der Waals surface area contributed by atoms with Gasteiger partial charge in [-0.2, -0.15) is 0 Å². The highest BCUT2D eigenvalue weighted by atomic mass is 32.2. The lowest BCUT2D eigenvalue weighted by Gasteiger charge is -2.08. The SMILES string of the molecule is NS(=O)(=O)CCNc1ccccc1C(=O)O. The van der Waals surface area contributed by atoms with Crippen LogP contribution in [0.15, 0.2) is 24.3 Å². The summed E-state index contributed by atoms with van der Waals surface area (Å²) in [5.41, 5.74) is 0.468. The van der Waals surface area contributed by atoms with E-state index in [-0.39, 0.29) is 17.9 Å². The van der Waals surface area contributed by atoms with Crippen LogP contribution in [0, 0.1) is 0 Å². The summed E-state index contributed by atoms with van der Waals surface area (Å²) in [5.74, 6) is -1.32. The van der Waals surface area contributed by atoms with Gasteiger partial charge in [0.25, 0.3) is 0 Å². The molecule has 16 heavy (non-hydrogen) atoms. The second-order valence-electron chi connectivity index (χ2n) is 3.14. The fourth-order valence-electron chi connectivity index (χ4n) is 1.15. The number of anilines is 1. The van der Waals surface area contributed by atoms with Gasteiger partial charge in [0.05, 0.1) is 11.3 Å². The van der Waals surface area contributed by atoms with E-state index in [2.05, 4.69) is 5.32 Å². The fourth-order valence-corrected chi connectivity index (χ4v) is 1.54. The first kappa shape index (κ1) is 12.5. The Morgan fingerprint density at radius 3 is 2.56 bits per heavy atom. The average Bonchev–Trinajstić information content (AvgIpc) is 2.16. The van der Waals surface area contributed by atoms with Crippen molar-refractivity contribution in [2.75, 3.05) is 17.6 Å². The van der Waals surface area contributed by atoms with E-state index in [0.717, 1.165) is 0 Å². The molecule has 0 aliphatic carbocycles. The Balaban J connectivity index is 2.71. The molecule has 0 bridgehead atoms. The molecule has 0 saturated carbocycles. The lowest BCUT2D eigenvalue weighted by molar-refractivity contribution is 0.0698. The van der Waals surface area contributed by atoms with Crippen LogP contribution in [0.2, 0.25) is 0 Å². The molecular formula is C9H12N2O4S. The summed E-state index contributed by atoms with van der Waals surface area (Å²) in [5, 5.41) is 16.4. The Kier molecular flexibility index (Phi) is 3.86. The van der Waals surface area contributed by atoms with Gasteiger partial charge in [-0.15, -0.1) is 0 Å². The van der Waals surface area contributed by atoms with Crippen LogP contribution in [0.25, 0.3) is 0 Å². The first-order valence-electron chi connectivity index (χ1n) is 4.47. The summed E-state index contributed by atoms with van der Waals surface area (Å²) in [6, 6.07) is 6.24. The molecule has 0 radical (unpaired) electrons. The maximum Gasteiger partial charge on any atom is 0.337 e. The van der Waals surface area contributed by atoms with Crippen LogP contribution in [-0.2, 0) is 10.0 Å². The number of nitrogens with one attached hydrogen (secondary N) is 1. The second-order valence-corrected chi connectivity index (χ2v) is 4.88. The molecule has 0 heterocycles. The van der Waals surface area contributed by atoms with Gasteiger partial charge in [0.15, 0.2) is 0 Å². The number of para-hydroxylation sites is 1. The van der Waals surface area contributed by atoms with Gasteiger partial charge in [-0.3, -0.25) is 0 Å². The molecule has 1 rings (SSSR count). The number of benzene rings is 1. The molecule has 0 aliphatic heterocycles. The molecule has 0 unspecified atom stereocenters. The van der Waals surface area contributed by atoms with Crippen molar-refractivity contribution in [3.8, 4) is 0 Å². The maximum atomic E-state index is 10.8. The van der Waals surface area contributed by atoms with Crippen LogP contribution >= 0.6 is 0 Å². The first-order valence-corrected chi connectivity index (χ1v) is 6.18. The van der Waals surface area contributed by atoms with Gasteiger partial charge in [0.1, 0.15) is 0 Å². The number of hydrogen-bond acceptors (Lipinski definition) is 4. The zero-order valence-corrected chi connectivity index (χ0v) is 9.20. The predicted molar refractivity (Wildman–Crippen MR) is 59.9 cm³/mol. The number of aromatic carboxylic acids is 1. The molecule has 0 aromatic heterocycles. The Morgan fingerprint density at radius 2 is 2.00 bits per heavy atom. The Bertz CT molecular complexity index is 484. The van der Waals surface area contributed by atoms with Crippen LogP contribution in [0.3, 0.4) is 0 Å². The standard InChI is InChI=1S/C9H12N2O4S/c10-16(14,15)6-5-11-8-4-2-1-3-7(8)9(12)13/h1-4,11H,5-6H2,(H,12,13)(H2,10,14,15). The number of nitrogens with two attached hydrogens (primary N) is 1. The van der Waals surface area contributed by atoms with E-state index in [1.807, 2.05) is 0 Å². The topological polar surface area (TPSA) is 109 Å². The van der Waals surface area contributed by atoms with Crippen molar-refractivity contribution >= 4 is 21.7 Å². The molecule has 0 atom stereocenters. The summed E-state index contributed by atoms with van der Waals surface area (Å²) in [7, 11) is -3.54. The molecule has 0 saturated heterocycles. The van der Waals surface area contributed by atoms with Crippen LogP contribution in [0.4, 0.5) is 5.69 Å². The average molecular weight is 244 g/mol. The summed E-state index contributed by atoms with van der Waals surface area (Å²) >= 11 is 0. The van der Waals surface area contributed by atoms with Crippen LogP contribution in [-0.4, -0.2) is 31.8 Å². The number of hydrogen-bond donors (Lipinski definition) is 3. The first-order chi connectivity index (χ1) is 7.40. The third-order valence-electron chi connectivity index (χ3n) is 1.86. The van der Waals surface area contributed by atoms with Gasteiger partial charge in [-0.05, 0) is 12.1 Å². The number of carbonyl (C=O) groups is 1. The van der Waals surface area contributed by atoms with Crippen molar-refractivity contribution in [1.29, 1.82) is 0 Å². The van der Waals surface area contributed by atoms with Gasteiger partial charge >= 0.3 is 5.97 Å². The minimum Gasteiger partial charge on any atom is -0.478 e. The summed E-state index contributed by atoms with van der Waals surface area (Å²) in [4.78, 5) is 10.8. The minimum absolute atomic E-state index is 0.0725. The molecule has 88 valence electrons. The fraction of sp³-hybridized carbons (Fsp3) is 0.222. The third kappa shape index (κ3) is 3.87. The molecule has 1 aromatic rings. The van der Waals surface area contributed by atoms with E-state index in [0.29, 0.717) is 5.69 Å². The summed E-state index contributed by atoms with van der Waals surface area (Å²) in [6.07, 6.45) is 0. The highest BCUT2D eigenvalue weighted by Crippen LogP contribution is 2.14. The Hall–Kier alpha value is -1.60. The van der Waals surface area contributed by atoms with Crippen molar-refractivity contribution < 1.29 is 18.3 Å². The highest BCUT2D eigenvalue weighted by Gasteiger charge is 2.09. The van der Waals surface area contributed by atoms with Crippen molar-refractivity contribution in [2.24, 2.45) is 5.14 Å². The predicted octanol–water partition coefficient (Wildman–Crippen LogP) is 0.0852. The van der Waals surface area contributed by atoms with Gasteiger partial charge in [-0.25, -0.2) is 18.4 Å². The molecule has 0 aliphatic rings. The highest BCUT2D eigenvalue weighted by molar-refractivity contribution is 7.89. The van der Waals surface area contributed by atoms with Crippen molar-refractivity contribution in [3.63, 3.8) is 0 Å². The van der Waals surface area contributed by atoms with E-state index < -0.39 is 16.0 Å². The number of carboxylic acid groups (broad SMARTS) is 1. The maximum absolute atomic E-state index is 10.8. The van der Waals surface area contributed by atoms with E-state index in [9.17, 15) is 13.2 Å². The number of primary sulfonamides is 1. The lowest BCUT2D eigenvalue weighted by Crippen LogP contribution is -2.22. The Labute approximate surface area is 93.1 Å². The zero-order chi connectivity index (χ0) is 12.2. The largest absolute Gasteiger partial charge is 0.478 e. The molecule has 4 N–H and O–H groups in total. The second kappa shape index (κ2) is 4.95. The van der Waals surface area contributed by atoms with Crippen LogP contribution in [0.5, 0.6) is 0 Å². The molecule has 0 amide bonds. The van der Waals surface area contributed by atoms with Crippen molar-refractivity contribution in [2.45, 2.75) is 0 Å². The van der Waals surface area contributed by atoms with Gasteiger partial charge in [0, 0.05) is 12.2 Å². The number of carboxylic acids is 1. The molecular weight excluding hydrogens is 232 g/mol. The Morgan fingerprint density at radius 1 is 1.38 bits per heavy atom. The summed E-state index contributed by atoms with van der Waals surface area (Å²) in [6.45, 7) is 0.0725. The summed E-state index contributed by atoms with van der Waals surface area (Å²) < 4.78 is 21.3. The van der Waals surface area contributed by atoms with Crippen LogP contribution < -0.4 is 10.5 Å². The number of rotatable bonds is 5. The molecule has 1 aromatic carbocycles. The normalized spacial score (nSPS) is 11.1. The van der Waals surface area contributed by atoms with Crippen LogP contribution in [0.1, 0.15) is 10.4 Å². The van der Waals surface area contributed by atoms with Gasteiger partial charge in [0.2, 0.25) is 10.0 Å². The van der Waals surface area contributed by atoms with Gasteiger partial charge < -0.3 is 10.4 Å². The quantitative estimate of drug-likeness (QED) is 0.679. The third-order valence-corrected chi connectivity index (χ3v) is 2.63. The smallest absolute Gasteiger partial charge is 0.337 e. The van der Waals surface area contributed by atoms with Crippen molar-refractivity contribution in [3.05, 3.63) is 29.8 Å². The molecule has 7 heteroatoms. The molecule has 0 spiro atoms. The van der Waals surface area contributed by atoms with E-state index in [1.54, 1.807) is 18.2 Å².